The minimum Gasteiger partial charge on any atom is -0.497 e. The highest BCUT2D eigenvalue weighted by molar-refractivity contribution is 5.77. The summed E-state index contributed by atoms with van der Waals surface area (Å²) in [5.41, 5.74) is 2.06. The van der Waals surface area contributed by atoms with Crippen molar-refractivity contribution >= 4 is 16.9 Å². The molecule has 29 heavy (non-hydrogen) atoms. The van der Waals surface area contributed by atoms with Crippen molar-refractivity contribution in [2.75, 3.05) is 13.7 Å². The number of rotatable bonds is 11. The average Bonchev–Trinajstić information content (AvgIpc) is 3.10. The summed E-state index contributed by atoms with van der Waals surface area (Å²) in [6.45, 7) is 3.93. The van der Waals surface area contributed by atoms with Gasteiger partial charge in [-0.3, -0.25) is 4.79 Å². The topological polar surface area (TPSA) is 65.4 Å². The molecule has 1 N–H and O–H groups in total. The predicted octanol–water partition coefficient (Wildman–Crippen LogP) is 4.32. The van der Waals surface area contributed by atoms with E-state index in [0.717, 1.165) is 54.2 Å². The number of carbonyl (C=O) groups is 1. The number of aromatic nitrogens is 2. The maximum absolute atomic E-state index is 11.8. The highest BCUT2D eigenvalue weighted by Gasteiger charge is 2.11. The Bertz CT molecular complexity index is 936. The number of carbonyl (C=O) groups excluding carboxylic acids is 1. The molecular formula is C23H29N3O3. The first-order chi connectivity index (χ1) is 14.2. The second kappa shape index (κ2) is 10.5. The molecule has 3 rings (SSSR count). The molecule has 0 spiro atoms. The second-order valence-corrected chi connectivity index (χ2v) is 6.93. The first-order valence-electron chi connectivity index (χ1n) is 10.2. The van der Waals surface area contributed by atoms with Crippen molar-refractivity contribution in [3.05, 3.63) is 54.4 Å². The Hall–Kier alpha value is -3.02. The molecule has 0 fully saturated rings. The molecule has 0 atom stereocenters. The van der Waals surface area contributed by atoms with Crippen LogP contribution in [0.2, 0.25) is 0 Å². The van der Waals surface area contributed by atoms with Gasteiger partial charge in [0, 0.05) is 19.0 Å². The summed E-state index contributed by atoms with van der Waals surface area (Å²) in [4.78, 5) is 16.6. The quantitative estimate of drug-likeness (QED) is 0.491. The molecular weight excluding hydrogens is 366 g/mol. The maximum Gasteiger partial charge on any atom is 0.220 e. The molecule has 0 unspecified atom stereocenters. The lowest BCUT2D eigenvalue weighted by Crippen LogP contribution is -2.24. The van der Waals surface area contributed by atoms with Crippen molar-refractivity contribution in [2.24, 2.45) is 0 Å². The molecule has 0 bridgehead atoms. The van der Waals surface area contributed by atoms with E-state index < -0.39 is 0 Å². The normalized spacial score (nSPS) is 10.8. The molecule has 1 heterocycles. The molecule has 154 valence electrons. The largest absolute Gasteiger partial charge is 0.497 e. The van der Waals surface area contributed by atoms with Crippen LogP contribution in [-0.2, 0) is 17.9 Å². The van der Waals surface area contributed by atoms with E-state index in [2.05, 4.69) is 16.0 Å². The number of ether oxygens (including phenoxy) is 2. The average molecular weight is 396 g/mol. The van der Waals surface area contributed by atoms with E-state index in [-0.39, 0.29) is 5.91 Å². The highest BCUT2D eigenvalue weighted by atomic mass is 16.5. The number of hydrogen-bond donors (Lipinski definition) is 1. The maximum atomic E-state index is 11.8. The number of fused-ring (bicyclic) bond motifs is 1. The van der Waals surface area contributed by atoms with Crippen molar-refractivity contribution in [1.82, 2.24) is 14.9 Å². The molecule has 6 heteroatoms. The number of nitrogens with zero attached hydrogens (tertiary/aromatic N) is 2. The standard InChI is InChI=1S/C23H29N3O3/c1-3-9-23(27)24-17-22-25-20-12-4-5-13-21(20)26(22)14-6-7-15-29-19-11-8-10-18(16-19)28-2/h4-5,8,10-13,16H,3,6-7,9,14-15,17H2,1-2H3,(H,24,27). The first-order valence-corrected chi connectivity index (χ1v) is 10.2. The third-order valence-corrected chi connectivity index (χ3v) is 4.74. The number of benzene rings is 2. The number of imidazole rings is 1. The van der Waals surface area contributed by atoms with E-state index in [1.165, 1.54) is 0 Å². The molecule has 0 aliphatic heterocycles. The van der Waals surface area contributed by atoms with Crippen LogP contribution >= 0.6 is 0 Å². The van der Waals surface area contributed by atoms with Crippen molar-refractivity contribution in [3.8, 4) is 11.5 Å². The third-order valence-electron chi connectivity index (χ3n) is 4.74. The molecule has 0 saturated carbocycles. The fourth-order valence-corrected chi connectivity index (χ4v) is 3.26. The number of para-hydroxylation sites is 2. The van der Waals surface area contributed by atoms with Gasteiger partial charge < -0.3 is 19.4 Å². The van der Waals surface area contributed by atoms with Crippen molar-refractivity contribution in [2.45, 2.75) is 45.7 Å². The Morgan fingerprint density at radius 2 is 1.93 bits per heavy atom. The number of unbranched alkanes of at least 4 members (excludes halogenated alkanes) is 1. The van der Waals surface area contributed by atoms with Gasteiger partial charge in [0.15, 0.2) is 0 Å². The van der Waals surface area contributed by atoms with Crippen LogP contribution in [0.3, 0.4) is 0 Å². The van der Waals surface area contributed by atoms with Gasteiger partial charge in [-0.1, -0.05) is 25.1 Å². The summed E-state index contributed by atoms with van der Waals surface area (Å²) in [6, 6.07) is 15.7. The van der Waals surface area contributed by atoms with Crippen molar-refractivity contribution in [1.29, 1.82) is 0 Å². The zero-order valence-electron chi connectivity index (χ0n) is 17.2. The fraction of sp³-hybridized carbons (Fsp3) is 0.391. The summed E-state index contributed by atoms with van der Waals surface area (Å²) < 4.78 is 13.3. The first kappa shape index (κ1) is 20.7. The van der Waals surface area contributed by atoms with Gasteiger partial charge in [-0.15, -0.1) is 0 Å². The molecule has 1 amide bonds. The van der Waals surface area contributed by atoms with Gasteiger partial charge in [0.2, 0.25) is 5.91 Å². The van der Waals surface area contributed by atoms with Crippen LogP contribution in [-0.4, -0.2) is 29.2 Å². The minimum absolute atomic E-state index is 0.0674. The summed E-state index contributed by atoms with van der Waals surface area (Å²) in [6.07, 6.45) is 3.27. The van der Waals surface area contributed by atoms with Crippen LogP contribution < -0.4 is 14.8 Å². The minimum atomic E-state index is 0.0674. The number of amides is 1. The number of methoxy groups -OCH3 is 1. The smallest absolute Gasteiger partial charge is 0.220 e. The number of hydrogen-bond acceptors (Lipinski definition) is 4. The Labute approximate surface area is 171 Å². The zero-order chi connectivity index (χ0) is 20.5. The van der Waals surface area contributed by atoms with Crippen molar-refractivity contribution in [3.63, 3.8) is 0 Å². The Kier molecular flexibility index (Phi) is 7.50. The molecule has 3 aromatic rings. The molecule has 0 radical (unpaired) electrons. The number of aryl methyl sites for hydroxylation is 1. The van der Waals surface area contributed by atoms with E-state index in [1.54, 1.807) is 7.11 Å². The lowest BCUT2D eigenvalue weighted by atomic mass is 10.3. The van der Waals surface area contributed by atoms with Crippen LogP contribution in [0.25, 0.3) is 11.0 Å². The molecule has 6 nitrogen and oxygen atoms in total. The summed E-state index contributed by atoms with van der Waals surface area (Å²) >= 11 is 0. The molecule has 0 aliphatic carbocycles. The summed E-state index contributed by atoms with van der Waals surface area (Å²) in [7, 11) is 1.65. The predicted molar refractivity (Wildman–Crippen MR) is 114 cm³/mol. The SMILES string of the molecule is CCCC(=O)NCc1nc2ccccc2n1CCCCOc1cccc(OC)c1. The number of nitrogens with one attached hydrogen (secondary N) is 1. The van der Waals surface area contributed by atoms with E-state index >= 15 is 0 Å². The highest BCUT2D eigenvalue weighted by Crippen LogP contribution is 2.20. The van der Waals surface area contributed by atoms with E-state index in [1.807, 2.05) is 49.4 Å². The monoisotopic (exact) mass is 395 g/mol. The van der Waals surface area contributed by atoms with Crippen LogP contribution in [0, 0.1) is 0 Å². The van der Waals surface area contributed by atoms with Gasteiger partial charge in [-0.05, 0) is 43.5 Å². The van der Waals surface area contributed by atoms with Crippen molar-refractivity contribution < 1.29 is 14.3 Å². The Morgan fingerprint density at radius 1 is 1.10 bits per heavy atom. The van der Waals surface area contributed by atoms with Crippen LogP contribution in [0.5, 0.6) is 11.5 Å². The molecule has 1 aromatic heterocycles. The lowest BCUT2D eigenvalue weighted by molar-refractivity contribution is -0.121. The molecule has 2 aromatic carbocycles. The van der Waals surface area contributed by atoms with Gasteiger partial charge >= 0.3 is 0 Å². The fourth-order valence-electron chi connectivity index (χ4n) is 3.26. The summed E-state index contributed by atoms with van der Waals surface area (Å²) in [5, 5.41) is 2.98. The molecule has 0 saturated heterocycles. The van der Waals surface area contributed by atoms with E-state index in [0.29, 0.717) is 19.6 Å². The van der Waals surface area contributed by atoms with E-state index in [4.69, 9.17) is 14.5 Å². The lowest BCUT2D eigenvalue weighted by Gasteiger charge is -2.11. The Balaban J connectivity index is 1.56. The second-order valence-electron chi connectivity index (χ2n) is 6.93. The zero-order valence-corrected chi connectivity index (χ0v) is 17.2. The van der Waals surface area contributed by atoms with Gasteiger partial charge in [-0.25, -0.2) is 4.98 Å². The van der Waals surface area contributed by atoms with Gasteiger partial charge in [0.05, 0.1) is 31.3 Å². The van der Waals surface area contributed by atoms with Gasteiger partial charge in [0.1, 0.15) is 17.3 Å². The van der Waals surface area contributed by atoms with Gasteiger partial charge in [0.25, 0.3) is 0 Å². The molecule has 0 aliphatic rings. The van der Waals surface area contributed by atoms with E-state index in [9.17, 15) is 4.79 Å². The van der Waals surface area contributed by atoms with Gasteiger partial charge in [-0.2, -0.15) is 0 Å². The van der Waals surface area contributed by atoms with Crippen LogP contribution in [0.4, 0.5) is 0 Å². The summed E-state index contributed by atoms with van der Waals surface area (Å²) in [5.74, 6) is 2.57. The third kappa shape index (κ3) is 5.73. The van der Waals surface area contributed by atoms with Crippen LogP contribution in [0.15, 0.2) is 48.5 Å². The van der Waals surface area contributed by atoms with Crippen LogP contribution in [0.1, 0.15) is 38.4 Å². The Morgan fingerprint density at radius 3 is 2.76 bits per heavy atom.